The molecule has 156 valence electrons. The van der Waals surface area contributed by atoms with Gasteiger partial charge in [0.05, 0.1) is 11.7 Å². The summed E-state index contributed by atoms with van der Waals surface area (Å²) >= 11 is 0. The van der Waals surface area contributed by atoms with Crippen molar-refractivity contribution in [2.45, 2.75) is 20.4 Å². The number of fused-ring (bicyclic) bond motifs is 1. The van der Waals surface area contributed by atoms with Gasteiger partial charge in [0, 0.05) is 40.9 Å². The number of carbonyl (C=O) groups excluding carboxylic acids is 1. The first-order valence-electron chi connectivity index (χ1n) is 9.63. The van der Waals surface area contributed by atoms with Crippen molar-refractivity contribution >= 4 is 16.8 Å². The van der Waals surface area contributed by atoms with E-state index in [4.69, 9.17) is 4.74 Å². The number of amides is 1. The van der Waals surface area contributed by atoms with Crippen molar-refractivity contribution in [2.24, 2.45) is 0 Å². The van der Waals surface area contributed by atoms with Crippen LogP contribution in [0.15, 0.2) is 60.9 Å². The van der Waals surface area contributed by atoms with Crippen LogP contribution in [0, 0.1) is 25.6 Å². The molecule has 31 heavy (non-hydrogen) atoms. The summed E-state index contributed by atoms with van der Waals surface area (Å²) in [5, 5.41) is 3.47. The first-order valence-corrected chi connectivity index (χ1v) is 9.63. The number of aromatic nitrogens is 2. The molecule has 0 aliphatic carbocycles. The lowest BCUT2D eigenvalue weighted by atomic mass is 10.1. The molecule has 1 N–H and O–H groups in total. The molecule has 0 radical (unpaired) electrons. The Balaban J connectivity index is 1.57. The fourth-order valence-corrected chi connectivity index (χ4v) is 3.27. The molecule has 0 spiro atoms. The van der Waals surface area contributed by atoms with Gasteiger partial charge < -0.3 is 10.1 Å². The average Bonchev–Trinajstić information content (AvgIpc) is 2.75. The van der Waals surface area contributed by atoms with Crippen molar-refractivity contribution in [3.05, 3.63) is 94.9 Å². The highest BCUT2D eigenvalue weighted by atomic mass is 19.1. The molecule has 7 heteroatoms. The zero-order valence-electron chi connectivity index (χ0n) is 16.9. The van der Waals surface area contributed by atoms with Crippen LogP contribution in [0.4, 0.5) is 8.78 Å². The van der Waals surface area contributed by atoms with E-state index in [2.05, 4.69) is 15.3 Å². The number of carbonyl (C=O) groups is 1. The summed E-state index contributed by atoms with van der Waals surface area (Å²) < 4.78 is 33.1. The lowest BCUT2D eigenvalue weighted by Crippen LogP contribution is -2.24. The first-order chi connectivity index (χ1) is 14.9. The summed E-state index contributed by atoms with van der Waals surface area (Å²) in [6.45, 7) is 3.60. The maximum atomic E-state index is 13.8. The van der Waals surface area contributed by atoms with Crippen LogP contribution >= 0.6 is 0 Å². The first kappa shape index (κ1) is 20.4. The maximum Gasteiger partial charge on any atom is 0.251 e. The van der Waals surface area contributed by atoms with Crippen molar-refractivity contribution < 1.29 is 18.3 Å². The van der Waals surface area contributed by atoms with Gasteiger partial charge in [-0.25, -0.2) is 9.37 Å². The summed E-state index contributed by atoms with van der Waals surface area (Å²) in [6.07, 6.45) is 2.46. The Hall–Kier alpha value is -3.87. The van der Waals surface area contributed by atoms with Gasteiger partial charge in [0.15, 0.2) is 0 Å². The van der Waals surface area contributed by atoms with Crippen LogP contribution in [-0.4, -0.2) is 15.9 Å². The summed E-state index contributed by atoms with van der Waals surface area (Å²) in [5.74, 6) is -0.774. The third kappa shape index (κ3) is 4.35. The van der Waals surface area contributed by atoms with E-state index in [1.807, 2.05) is 25.1 Å². The number of benzene rings is 2. The van der Waals surface area contributed by atoms with E-state index in [0.717, 1.165) is 28.7 Å². The van der Waals surface area contributed by atoms with E-state index in [9.17, 15) is 13.6 Å². The lowest BCUT2D eigenvalue weighted by molar-refractivity contribution is 0.0949. The molecule has 5 nitrogen and oxygen atoms in total. The third-order valence-corrected chi connectivity index (χ3v) is 4.95. The number of nitrogens with one attached hydrogen (secondary N) is 1. The molecular formula is C24H19F2N3O2. The largest absolute Gasteiger partial charge is 0.456 e. The topological polar surface area (TPSA) is 64.1 Å². The summed E-state index contributed by atoms with van der Waals surface area (Å²) in [7, 11) is 0. The smallest absolute Gasteiger partial charge is 0.251 e. The normalized spacial score (nSPS) is 10.8. The number of nitrogens with zero attached hydrogens (tertiary/aromatic N) is 2. The molecule has 4 rings (SSSR count). The Kier molecular flexibility index (Phi) is 5.58. The molecule has 0 saturated heterocycles. The zero-order chi connectivity index (χ0) is 22.0. The van der Waals surface area contributed by atoms with E-state index >= 15 is 0 Å². The monoisotopic (exact) mass is 419 g/mol. The second kappa shape index (κ2) is 8.47. The SMILES string of the molecule is Cc1ccc2c(Oc3cccc(C(=O)NCc4cc(F)ncc4F)c3C)ccnc2c1. The number of ether oxygens (including phenoxy) is 1. The van der Waals surface area contributed by atoms with Gasteiger partial charge in [-0.1, -0.05) is 12.1 Å². The van der Waals surface area contributed by atoms with Crippen LogP contribution in [0.5, 0.6) is 11.5 Å². The molecule has 2 aromatic carbocycles. The molecule has 4 aromatic rings. The van der Waals surface area contributed by atoms with Gasteiger partial charge in [-0.2, -0.15) is 4.39 Å². The molecule has 0 saturated carbocycles. The second-order valence-corrected chi connectivity index (χ2v) is 7.14. The molecule has 0 aliphatic heterocycles. The summed E-state index contributed by atoms with van der Waals surface area (Å²) in [6, 6.07) is 13.7. The Bertz CT molecular complexity index is 1290. The predicted octanol–water partition coefficient (Wildman–Crippen LogP) is 5.25. The number of halogens is 2. The standard InChI is InChI=1S/C24H19F2N3O2/c1-14-6-7-18-20(10-14)27-9-8-22(18)31-21-5-3-4-17(15(21)2)24(30)29-12-16-11-23(26)28-13-19(16)25/h3-11,13H,12H2,1-2H3,(H,29,30). The number of rotatable bonds is 5. The van der Waals surface area contributed by atoms with E-state index < -0.39 is 17.7 Å². The van der Waals surface area contributed by atoms with Crippen molar-refractivity contribution in [3.8, 4) is 11.5 Å². The van der Waals surface area contributed by atoms with Gasteiger partial charge >= 0.3 is 0 Å². The minimum atomic E-state index is -0.808. The number of hydrogen-bond donors (Lipinski definition) is 1. The molecule has 2 heterocycles. The van der Waals surface area contributed by atoms with Gasteiger partial charge in [-0.05, 0) is 49.7 Å². The minimum absolute atomic E-state index is 0.0180. The number of hydrogen-bond acceptors (Lipinski definition) is 4. The lowest BCUT2D eigenvalue weighted by Gasteiger charge is -2.14. The minimum Gasteiger partial charge on any atom is -0.456 e. The Morgan fingerprint density at radius 2 is 1.87 bits per heavy atom. The Morgan fingerprint density at radius 1 is 1.03 bits per heavy atom. The van der Waals surface area contributed by atoms with Crippen LogP contribution in [0.1, 0.15) is 27.0 Å². The maximum absolute atomic E-state index is 13.8. The van der Waals surface area contributed by atoms with Crippen LogP contribution in [0.25, 0.3) is 10.9 Å². The highest BCUT2D eigenvalue weighted by molar-refractivity contribution is 5.96. The average molecular weight is 419 g/mol. The Labute approximate surface area is 177 Å². The molecule has 0 aliphatic rings. The van der Waals surface area contributed by atoms with E-state index in [0.29, 0.717) is 22.6 Å². The Morgan fingerprint density at radius 3 is 2.71 bits per heavy atom. The molecular weight excluding hydrogens is 400 g/mol. The highest BCUT2D eigenvalue weighted by Gasteiger charge is 2.15. The summed E-state index contributed by atoms with van der Waals surface area (Å²) in [5.41, 5.74) is 2.93. The number of aryl methyl sites for hydroxylation is 1. The van der Waals surface area contributed by atoms with Crippen molar-refractivity contribution in [1.29, 1.82) is 0 Å². The van der Waals surface area contributed by atoms with Crippen LogP contribution in [-0.2, 0) is 6.54 Å². The second-order valence-electron chi connectivity index (χ2n) is 7.14. The quantitative estimate of drug-likeness (QED) is 0.449. The third-order valence-electron chi connectivity index (χ3n) is 4.95. The van der Waals surface area contributed by atoms with E-state index in [1.165, 1.54) is 0 Å². The fourth-order valence-electron chi connectivity index (χ4n) is 3.27. The van der Waals surface area contributed by atoms with E-state index in [1.54, 1.807) is 37.4 Å². The van der Waals surface area contributed by atoms with Crippen LogP contribution in [0.3, 0.4) is 0 Å². The van der Waals surface area contributed by atoms with E-state index in [-0.39, 0.29) is 12.1 Å². The van der Waals surface area contributed by atoms with Gasteiger partial charge in [0.1, 0.15) is 17.3 Å². The molecule has 0 atom stereocenters. The summed E-state index contributed by atoms with van der Waals surface area (Å²) in [4.78, 5) is 20.3. The molecule has 0 bridgehead atoms. The van der Waals surface area contributed by atoms with Gasteiger partial charge in [0.25, 0.3) is 5.91 Å². The van der Waals surface area contributed by atoms with Crippen molar-refractivity contribution in [1.82, 2.24) is 15.3 Å². The predicted molar refractivity (Wildman–Crippen MR) is 113 cm³/mol. The highest BCUT2D eigenvalue weighted by Crippen LogP contribution is 2.32. The molecule has 0 fully saturated rings. The van der Waals surface area contributed by atoms with Crippen LogP contribution in [0.2, 0.25) is 0 Å². The van der Waals surface area contributed by atoms with Crippen LogP contribution < -0.4 is 10.1 Å². The van der Waals surface area contributed by atoms with Gasteiger partial charge in [-0.3, -0.25) is 9.78 Å². The fraction of sp³-hybridized carbons (Fsp3) is 0.125. The zero-order valence-corrected chi connectivity index (χ0v) is 16.9. The molecule has 0 unspecified atom stereocenters. The van der Waals surface area contributed by atoms with Crippen molar-refractivity contribution in [2.75, 3.05) is 0 Å². The molecule has 2 aromatic heterocycles. The number of pyridine rings is 2. The van der Waals surface area contributed by atoms with Gasteiger partial charge in [-0.15, -0.1) is 0 Å². The molecule has 1 amide bonds. The van der Waals surface area contributed by atoms with Crippen molar-refractivity contribution in [3.63, 3.8) is 0 Å². The van der Waals surface area contributed by atoms with Gasteiger partial charge in [0.2, 0.25) is 5.95 Å².